The number of hydrogen-bond donors (Lipinski definition) is 4. The van der Waals surface area contributed by atoms with Crippen LogP contribution in [0.1, 0.15) is 127 Å². The van der Waals surface area contributed by atoms with Gasteiger partial charge in [-0.25, -0.2) is 0 Å². The van der Waals surface area contributed by atoms with E-state index < -0.39 is 0 Å². The molecule has 2 atom stereocenters. The SMILES string of the molecule is CC1(C)Cc2[nH]c(=O)ccc2[C@@H](NCCCCCCCCCCN[C@@H]2CC(C)(C)Cc3[nH]c(=O)ccc32)C1. The fourth-order valence-electron chi connectivity index (χ4n) is 6.66. The van der Waals surface area contributed by atoms with Gasteiger partial charge in [0.1, 0.15) is 0 Å². The number of aromatic amines is 2. The van der Waals surface area contributed by atoms with Crippen molar-refractivity contribution >= 4 is 0 Å². The second-order valence-corrected chi connectivity index (χ2v) is 13.4. The van der Waals surface area contributed by atoms with E-state index >= 15 is 0 Å². The molecule has 2 aliphatic carbocycles. The number of hydrogen-bond acceptors (Lipinski definition) is 4. The number of H-pyrrole nitrogens is 2. The molecule has 0 amide bonds. The molecule has 0 aromatic carbocycles. The average Bonchev–Trinajstić information content (AvgIpc) is 2.82. The van der Waals surface area contributed by atoms with Crippen molar-refractivity contribution in [2.45, 2.75) is 117 Å². The number of fused-ring (bicyclic) bond motifs is 2. The van der Waals surface area contributed by atoms with E-state index in [0.717, 1.165) is 50.2 Å². The molecule has 0 unspecified atom stereocenters. The van der Waals surface area contributed by atoms with Crippen molar-refractivity contribution in [3.63, 3.8) is 0 Å². The zero-order valence-corrected chi connectivity index (χ0v) is 24.2. The maximum Gasteiger partial charge on any atom is 0.248 e. The van der Waals surface area contributed by atoms with Gasteiger partial charge in [0, 0.05) is 35.6 Å². The third-order valence-corrected chi connectivity index (χ3v) is 8.53. The highest BCUT2D eigenvalue weighted by Crippen LogP contribution is 2.40. The van der Waals surface area contributed by atoms with Crippen LogP contribution in [0.5, 0.6) is 0 Å². The van der Waals surface area contributed by atoms with Crippen molar-refractivity contribution in [1.29, 1.82) is 0 Å². The van der Waals surface area contributed by atoms with Gasteiger partial charge in [0.15, 0.2) is 0 Å². The predicted octanol–water partition coefficient (Wildman–Crippen LogP) is 6.09. The quantitative estimate of drug-likeness (QED) is 0.240. The smallest absolute Gasteiger partial charge is 0.248 e. The van der Waals surface area contributed by atoms with Crippen LogP contribution in [0.15, 0.2) is 33.9 Å². The van der Waals surface area contributed by atoms with E-state index in [0.29, 0.717) is 12.1 Å². The molecule has 38 heavy (non-hydrogen) atoms. The summed E-state index contributed by atoms with van der Waals surface area (Å²) in [5.74, 6) is 0. The second-order valence-electron chi connectivity index (χ2n) is 13.4. The summed E-state index contributed by atoms with van der Waals surface area (Å²) in [6.07, 6.45) is 14.4. The van der Waals surface area contributed by atoms with Crippen molar-refractivity contribution in [2.75, 3.05) is 13.1 Å². The molecule has 210 valence electrons. The first-order chi connectivity index (χ1) is 18.1. The fraction of sp³-hybridized carbons (Fsp3) is 0.688. The Morgan fingerprint density at radius 2 is 1.00 bits per heavy atom. The first kappa shape index (κ1) is 28.8. The van der Waals surface area contributed by atoms with Crippen molar-refractivity contribution in [2.24, 2.45) is 10.8 Å². The van der Waals surface area contributed by atoms with E-state index in [1.165, 1.54) is 62.5 Å². The van der Waals surface area contributed by atoms with E-state index in [1.54, 1.807) is 12.1 Å². The van der Waals surface area contributed by atoms with Crippen LogP contribution in [-0.4, -0.2) is 23.1 Å². The van der Waals surface area contributed by atoms with Crippen molar-refractivity contribution < 1.29 is 0 Å². The minimum absolute atomic E-state index is 0.00846. The second kappa shape index (κ2) is 12.8. The van der Waals surface area contributed by atoms with Crippen LogP contribution in [-0.2, 0) is 12.8 Å². The van der Waals surface area contributed by atoms with Gasteiger partial charge in [-0.05, 0) is 73.6 Å². The van der Waals surface area contributed by atoms with Gasteiger partial charge in [-0.1, -0.05) is 78.4 Å². The summed E-state index contributed by atoms with van der Waals surface area (Å²) in [6, 6.07) is 8.06. The highest BCUT2D eigenvalue weighted by Gasteiger charge is 2.33. The molecule has 0 radical (unpaired) electrons. The van der Waals surface area contributed by atoms with Crippen LogP contribution in [0.4, 0.5) is 0 Å². The van der Waals surface area contributed by atoms with Gasteiger partial charge in [0.2, 0.25) is 11.1 Å². The first-order valence-corrected chi connectivity index (χ1v) is 15.0. The van der Waals surface area contributed by atoms with Crippen LogP contribution < -0.4 is 21.8 Å². The van der Waals surface area contributed by atoms with E-state index in [-0.39, 0.29) is 21.9 Å². The largest absolute Gasteiger partial charge is 0.326 e. The summed E-state index contributed by atoms with van der Waals surface area (Å²) in [6.45, 7) is 11.3. The Bertz CT molecular complexity index is 1070. The van der Waals surface area contributed by atoms with Crippen LogP contribution in [0, 0.1) is 10.8 Å². The monoisotopic (exact) mass is 522 g/mol. The van der Waals surface area contributed by atoms with Crippen LogP contribution >= 0.6 is 0 Å². The Balaban J connectivity index is 1.05. The van der Waals surface area contributed by atoms with E-state index in [4.69, 9.17) is 0 Å². The third kappa shape index (κ3) is 8.16. The summed E-state index contributed by atoms with van der Waals surface area (Å²) in [5.41, 5.74) is 5.23. The molecule has 0 saturated carbocycles. The van der Waals surface area contributed by atoms with Gasteiger partial charge in [-0.15, -0.1) is 0 Å². The number of nitrogens with one attached hydrogen (secondary N) is 4. The molecule has 2 aromatic heterocycles. The topological polar surface area (TPSA) is 89.8 Å². The van der Waals surface area contributed by atoms with Crippen molar-refractivity contribution in [3.8, 4) is 0 Å². The molecule has 4 N–H and O–H groups in total. The Hall–Kier alpha value is -2.18. The van der Waals surface area contributed by atoms with E-state index in [2.05, 4.69) is 48.3 Å². The highest BCUT2D eigenvalue weighted by molar-refractivity contribution is 5.29. The van der Waals surface area contributed by atoms with Gasteiger partial charge >= 0.3 is 0 Å². The number of unbranched alkanes of at least 4 members (excludes halogenated alkanes) is 7. The normalized spacial score (nSPS) is 21.6. The molecular formula is C32H50N4O2. The first-order valence-electron chi connectivity index (χ1n) is 15.0. The van der Waals surface area contributed by atoms with E-state index in [9.17, 15) is 9.59 Å². The Labute approximate surface area is 228 Å². The number of pyridine rings is 2. The Morgan fingerprint density at radius 3 is 1.39 bits per heavy atom. The number of aromatic nitrogens is 2. The fourth-order valence-corrected chi connectivity index (χ4v) is 6.66. The van der Waals surface area contributed by atoms with Crippen molar-refractivity contribution in [3.05, 3.63) is 67.5 Å². The molecule has 0 aliphatic heterocycles. The minimum atomic E-state index is 0.00846. The average molecular weight is 523 g/mol. The van der Waals surface area contributed by atoms with Crippen LogP contribution in [0.2, 0.25) is 0 Å². The lowest BCUT2D eigenvalue weighted by atomic mass is 9.74. The summed E-state index contributed by atoms with van der Waals surface area (Å²) >= 11 is 0. The van der Waals surface area contributed by atoms with Gasteiger partial charge in [-0.3, -0.25) is 9.59 Å². The van der Waals surface area contributed by atoms with Crippen LogP contribution in [0.25, 0.3) is 0 Å². The molecule has 6 heteroatoms. The number of rotatable bonds is 13. The Kier molecular flexibility index (Phi) is 9.69. The predicted molar refractivity (Wildman–Crippen MR) is 157 cm³/mol. The molecule has 0 saturated heterocycles. The lowest BCUT2D eigenvalue weighted by molar-refractivity contribution is 0.252. The lowest BCUT2D eigenvalue weighted by Gasteiger charge is -2.37. The summed E-state index contributed by atoms with van der Waals surface area (Å²) in [5, 5.41) is 7.55. The maximum absolute atomic E-state index is 11.8. The van der Waals surface area contributed by atoms with Crippen LogP contribution in [0.3, 0.4) is 0 Å². The molecule has 2 aliphatic rings. The molecule has 4 rings (SSSR count). The third-order valence-electron chi connectivity index (χ3n) is 8.53. The van der Waals surface area contributed by atoms with Crippen molar-refractivity contribution in [1.82, 2.24) is 20.6 Å². The molecule has 0 bridgehead atoms. The van der Waals surface area contributed by atoms with Gasteiger partial charge in [0.25, 0.3) is 0 Å². The zero-order chi connectivity index (χ0) is 27.2. The summed E-state index contributed by atoms with van der Waals surface area (Å²) in [4.78, 5) is 29.7. The summed E-state index contributed by atoms with van der Waals surface area (Å²) < 4.78 is 0. The molecule has 2 aromatic rings. The minimum Gasteiger partial charge on any atom is -0.326 e. The lowest BCUT2D eigenvalue weighted by Crippen LogP contribution is -2.35. The van der Waals surface area contributed by atoms with Gasteiger partial charge in [-0.2, -0.15) is 0 Å². The highest BCUT2D eigenvalue weighted by atomic mass is 16.1. The van der Waals surface area contributed by atoms with Gasteiger partial charge in [0.05, 0.1) is 0 Å². The zero-order valence-electron chi connectivity index (χ0n) is 24.2. The van der Waals surface area contributed by atoms with E-state index in [1.807, 2.05) is 12.1 Å². The molecule has 0 spiro atoms. The maximum atomic E-state index is 11.8. The molecular weight excluding hydrogens is 472 g/mol. The molecule has 2 heterocycles. The Morgan fingerprint density at radius 1 is 0.632 bits per heavy atom. The molecule has 0 fully saturated rings. The molecule has 6 nitrogen and oxygen atoms in total. The standard InChI is InChI=1S/C32H50N4O2/c1-31(2)19-25(23-13-15-29(37)35-27(23)21-31)33-17-11-9-7-5-6-8-10-12-18-34-26-20-32(3,4)22-28-24(26)14-16-30(38)36-28/h13-16,25-26,33-34H,5-12,17-22H2,1-4H3,(H,35,37)(H,36,38)/t25-,26+. The van der Waals surface area contributed by atoms with Gasteiger partial charge < -0.3 is 20.6 Å². The summed E-state index contributed by atoms with van der Waals surface area (Å²) in [7, 11) is 0.